The summed E-state index contributed by atoms with van der Waals surface area (Å²) in [6.45, 7) is 0. The van der Waals surface area contributed by atoms with Gasteiger partial charge in [0.05, 0.1) is 28.4 Å². The van der Waals surface area contributed by atoms with Gasteiger partial charge in [-0.1, -0.05) is 23.2 Å². The minimum atomic E-state index is -0.353. The van der Waals surface area contributed by atoms with Gasteiger partial charge in [0, 0.05) is 19.4 Å². The van der Waals surface area contributed by atoms with E-state index in [1.54, 1.807) is 12.1 Å². The molecule has 0 N–H and O–H groups in total. The zero-order chi connectivity index (χ0) is 14.0. The Morgan fingerprint density at radius 3 is 2.42 bits per heavy atom. The molecular weight excluding hydrogens is 287 g/mol. The fraction of sp³-hybridized carbons (Fsp3) is 0.154. The number of aromatic nitrogens is 1. The number of benzene rings is 1. The molecule has 1 aromatic carbocycles. The SMILES string of the molecule is CON(C)C(=O)c1ccc(-n2cccc2)c(Cl)c1Cl. The van der Waals surface area contributed by atoms with Gasteiger partial charge in [-0.3, -0.25) is 9.63 Å². The summed E-state index contributed by atoms with van der Waals surface area (Å²) in [6.07, 6.45) is 3.70. The third-order valence-corrected chi connectivity index (χ3v) is 3.61. The van der Waals surface area contributed by atoms with Crippen LogP contribution in [0.15, 0.2) is 36.7 Å². The minimum Gasteiger partial charge on any atom is -0.322 e. The van der Waals surface area contributed by atoms with E-state index in [9.17, 15) is 4.79 Å². The average molecular weight is 299 g/mol. The molecule has 0 fully saturated rings. The van der Waals surface area contributed by atoms with Crippen LogP contribution in [0.3, 0.4) is 0 Å². The molecule has 1 amide bonds. The lowest BCUT2D eigenvalue weighted by Gasteiger charge is -2.16. The van der Waals surface area contributed by atoms with Gasteiger partial charge >= 0.3 is 0 Å². The maximum Gasteiger partial charge on any atom is 0.278 e. The fourth-order valence-electron chi connectivity index (χ4n) is 1.65. The summed E-state index contributed by atoms with van der Waals surface area (Å²) in [5, 5.41) is 1.63. The molecule has 0 unspecified atom stereocenters. The molecule has 1 aromatic heterocycles. The molecule has 0 saturated heterocycles. The number of carbonyl (C=O) groups excluding carboxylic acids is 1. The first-order chi connectivity index (χ1) is 9.06. The Balaban J connectivity index is 2.46. The summed E-state index contributed by atoms with van der Waals surface area (Å²) in [5.41, 5.74) is 1.01. The Labute approximate surface area is 121 Å². The average Bonchev–Trinajstić information content (AvgIpc) is 2.94. The highest BCUT2D eigenvalue weighted by Crippen LogP contribution is 2.32. The number of carbonyl (C=O) groups is 1. The predicted octanol–water partition coefficient (Wildman–Crippen LogP) is 3.42. The standard InChI is InChI=1S/C13H12Cl2N2O2/c1-16(19-2)13(18)9-5-6-10(12(15)11(9)14)17-7-3-4-8-17/h3-8H,1-2H3. The van der Waals surface area contributed by atoms with E-state index in [1.807, 2.05) is 29.1 Å². The molecule has 2 rings (SSSR count). The van der Waals surface area contributed by atoms with E-state index < -0.39 is 0 Å². The number of nitrogens with zero attached hydrogens (tertiary/aromatic N) is 2. The van der Waals surface area contributed by atoms with Gasteiger partial charge in [0.2, 0.25) is 0 Å². The Morgan fingerprint density at radius 1 is 1.21 bits per heavy atom. The quantitative estimate of drug-likeness (QED) is 0.814. The zero-order valence-electron chi connectivity index (χ0n) is 10.4. The van der Waals surface area contributed by atoms with Gasteiger partial charge in [-0.25, -0.2) is 5.06 Å². The maximum absolute atomic E-state index is 12.0. The summed E-state index contributed by atoms with van der Waals surface area (Å²) >= 11 is 12.4. The van der Waals surface area contributed by atoms with Gasteiger partial charge < -0.3 is 4.57 Å². The van der Waals surface area contributed by atoms with Crippen molar-refractivity contribution in [3.05, 3.63) is 52.3 Å². The number of halogens is 2. The van der Waals surface area contributed by atoms with Gasteiger partial charge in [-0.2, -0.15) is 0 Å². The molecule has 100 valence electrons. The molecule has 0 radical (unpaired) electrons. The molecule has 0 saturated carbocycles. The molecule has 1 heterocycles. The number of hydroxylamine groups is 2. The monoisotopic (exact) mass is 298 g/mol. The van der Waals surface area contributed by atoms with Crippen LogP contribution in [0.5, 0.6) is 0 Å². The van der Waals surface area contributed by atoms with Crippen LogP contribution in [0, 0.1) is 0 Å². The minimum absolute atomic E-state index is 0.210. The van der Waals surface area contributed by atoms with Gasteiger partial charge in [0.25, 0.3) is 5.91 Å². The highest BCUT2D eigenvalue weighted by molar-refractivity contribution is 6.45. The smallest absolute Gasteiger partial charge is 0.278 e. The molecule has 0 aliphatic rings. The lowest BCUT2D eigenvalue weighted by atomic mass is 10.2. The van der Waals surface area contributed by atoms with Crippen molar-refractivity contribution in [2.24, 2.45) is 0 Å². The lowest BCUT2D eigenvalue weighted by Crippen LogP contribution is -2.25. The van der Waals surface area contributed by atoms with Gasteiger partial charge in [-0.15, -0.1) is 0 Å². The molecule has 0 spiro atoms. The number of amides is 1. The molecule has 0 aliphatic carbocycles. The summed E-state index contributed by atoms with van der Waals surface area (Å²) in [6, 6.07) is 7.12. The second kappa shape index (κ2) is 5.65. The van der Waals surface area contributed by atoms with Crippen LogP contribution in [-0.4, -0.2) is 29.7 Å². The third-order valence-electron chi connectivity index (χ3n) is 2.73. The first-order valence-electron chi connectivity index (χ1n) is 5.49. The normalized spacial score (nSPS) is 10.5. The van der Waals surface area contributed by atoms with Crippen LogP contribution >= 0.6 is 23.2 Å². The fourth-order valence-corrected chi connectivity index (χ4v) is 2.15. The van der Waals surface area contributed by atoms with E-state index in [-0.39, 0.29) is 10.9 Å². The van der Waals surface area contributed by atoms with Crippen molar-refractivity contribution in [1.29, 1.82) is 0 Å². The molecular formula is C13H12Cl2N2O2. The van der Waals surface area contributed by atoms with Crippen molar-refractivity contribution < 1.29 is 9.63 Å². The third kappa shape index (κ3) is 2.61. The maximum atomic E-state index is 12.0. The van der Waals surface area contributed by atoms with Crippen LogP contribution < -0.4 is 0 Å². The van der Waals surface area contributed by atoms with E-state index in [1.165, 1.54) is 14.2 Å². The van der Waals surface area contributed by atoms with E-state index in [0.717, 1.165) is 5.06 Å². The molecule has 0 aliphatic heterocycles. The number of hydrogen-bond acceptors (Lipinski definition) is 2. The summed E-state index contributed by atoms with van der Waals surface area (Å²) < 4.78 is 1.82. The first kappa shape index (κ1) is 13.9. The molecule has 6 heteroatoms. The second-order valence-electron chi connectivity index (χ2n) is 3.84. The lowest BCUT2D eigenvalue weighted by molar-refractivity contribution is -0.0756. The highest BCUT2D eigenvalue weighted by atomic mass is 35.5. The molecule has 0 bridgehead atoms. The molecule has 0 atom stereocenters. The van der Waals surface area contributed by atoms with E-state index >= 15 is 0 Å². The van der Waals surface area contributed by atoms with Crippen molar-refractivity contribution >= 4 is 29.1 Å². The summed E-state index contributed by atoms with van der Waals surface area (Å²) in [7, 11) is 2.91. The predicted molar refractivity (Wildman–Crippen MR) is 74.9 cm³/mol. The van der Waals surface area contributed by atoms with Crippen LogP contribution in [0.1, 0.15) is 10.4 Å². The van der Waals surface area contributed by atoms with Crippen molar-refractivity contribution in [3.63, 3.8) is 0 Å². The number of rotatable bonds is 3. The Bertz CT molecular complexity index is 597. The van der Waals surface area contributed by atoms with Crippen molar-refractivity contribution in [1.82, 2.24) is 9.63 Å². The second-order valence-corrected chi connectivity index (χ2v) is 4.59. The van der Waals surface area contributed by atoms with E-state index in [0.29, 0.717) is 16.3 Å². The first-order valence-corrected chi connectivity index (χ1v) is 6.25. The van der Waals surface area contributed by atoms with Crippen LogP contribution in [0.25, 0.3) is 5.69 Å². The van der Waals surface area contributed by atoms with E-state index in [4.69, 9.17) is 28.0 Å². The Hall–Kier alpha value is -1.49. The Kier molecular flexibility index (Phi) is 4.14. The van der Waals surface area contributed by atoms with Crippen LogP contribution in [0.2, 0.25) is 10.0 Å². The van der Waals surface area contributed by atoms with Crippen LogP contribution in [0.4, 0.5) is 0 Å². The Morgan fingerprint density at radius 2 is 1.84 bits per heavy atom. The topological polar surface area (TPSA) is 34.5 Å². The van der Waals surface area contributed by atoms with Crippen molar-refractivity contribution in [2.75, 3.05) is 14.2 Å². The largest absolute Gasteiger partial charge is 0.322 e. The highest BCUT2D eigenvalue weighted by Gasteiger charge is 2.19. The molecule has 2 aromatic rings. The molecule has 19 heavy (non-hydrogen) atoms. The van der Waals surface area contributed by atoms with Crippen molar-refractivity contribution in [2.45, 2.75) is 0 Å². The number of hydrogen-bond donors (Lipinski definition) is 0. The molecule has 4 nitrogen and oxygen atoms in total. The summed E-state index contributed by atoms with van der Waals surface area (Å²) in [4.78, 5) is 16.8. The van der Waals surface area contributed by atoms with Gasteiger partial charge in [-0.05, 0) is 24.3 Å². The van der Waals surface area contributed by atoms with Crippen molar-refractivity contribution in [3.8, 4) is 5.69 Å². The van der Waals surface area contributed by atoms with Gasteiger partial charge in [0.15, 0.2) is 0 Å². The zero-order valence-corrected chi connectivity index (χ0v) is 11.9. The summed E-state index contributed by atoms with van der Waals surface area (Å²) in [5.74, 6) is -0.353. The van der Waals surface area contributed by atoms with Crippen LogP contribution in [-0.2, 0) is 4.84 Å². The van der Waals surface area contributed by atoms with Gasteiger partial charge in [0.1, 0.15) is 0 Å². The van der Waals surface area contributed by atoms with E-state index in [2.05, 4.69) is 0 Å².